The van der Waals surface area contributed by atoms with E-state index >= 15 is 0 Å². The van der Waals surface area contributed by atoms with Gasteiger partial charge in [-0.1, -0.05) is 31.5 Å². The van der Waals surface area contributed by atoms with Crippen LogP contribution in [0.15, 0.2) is 24.3 Å². The van der Waals surface area contributed by atoms with Crippen LogP contribution in [0.2, 0.25) is 0 Å². The average Bonchev–Trinajstić information content (AvgIpc) is 2.37. The first-order valence-electron chi connectivity index (χ1n) is 6.29. The molecule has 0 unspecified atom stereocenters. The van der Waals surface area contributed by atoms with Gasteiger partial charge in [0, 0.05) is 0 Å². The van der Waals surface area contributed by atoms with Crippen molar-refractivity contribution in [1.29, 1.82) is 5.26 Å². The summed E-state index contributed by atoms with van der Waals surface area (Å²) in [4.78, 5) is 11.8. The van der Waals surface area contributed by atoms with Crippen LogP contribution in [0.5, 0.6) is 5.75 Å². The molecule has 0 saturated heterocycles. The summed E-state index contributed by atoms with van der Waals surface area (Å²) in [5.74, 6) is 0.378. The van der Waals surface area contributed by atoms with Crippen LogP contribution in [0, 0.1) is 24.2 Å². The second-order valence-electron chi connectivity index (χ2n) is 5.12. The van der Waals surface area contributed by atoms with Crippen LogP contribution in [0.4, 0.5) is 0 Å². The van der Waals surface area contributed by atoms with Gasteiger partial charge < -0.3 is 10.1 Å². The summed E-state index contributed by atoms with van der Waals surface area (Å²) in [6.45, 7) is 7.39. The SMILES string of the molecule is Cc1ccc(OCC(=O)N[C@](C)(C#N)C(C)C)cc1. The number of aryl methyl sites for hydroxylation is 1. The van der Waals surface area contributed by atoms with E-state index in [1.165, 1.54) is 0 Å². The number of carbonyl (C=O) groups is 1. The molecule has 0 spiro atoms. The Bertz CT molecular complexity index is 474. The van der Waals surface area contributed by atoms with Crippen LogP contribution in [-0.2, 0) is 4.79 Å². The monoisotopic (exact) mass is 260 g/mol. The Morgan fingerprint density at radius 1 is 1.42 bits per heavy atom. The molecule has 1 aromatic rings. The van der Waals surface area contributed by atoms with Gasteiger partial charge in [0.1, 0.15) is 11.3 Å². The highest BCUT2D eigenvalue weighted by Crippen LogP contribution is 2.15. The lowest BCUT2D eigenvalue weighted by atomic mass is 9.90. The molecule has 0 saturated carbocycles. The largest absolute Gasteiger partial charge is 0.484 e. The molecule has 0 aromatic heterocycles. The fourth-order valence-corrected chi connectivity index (χ4v) is 1.41. The summed E-state index contributed by atoms with van der Waals surface area (Å²) in [6.07, 6.45) is 0. The molecule has 19 heavy (non-hydrogen) atoms. The van der Waals surface area contributed by atoms with Crippen molar-refractivity contribution in [2.45, 2.75) is 33.2 Å². The van der Waals surface area contributed by atoms with E-state index in [0.717, 1.165) is 5.56 Å². The highest BCUT2D eigenvalue weighted by atomic mass is 16.5. The molecule has 0 radical (unpaired) electrons. The minimum absolute atomic E-state index is 0.0285. The van der Waals surface area contributed by atoms with E-state index in [0.29, 0.717) is 5.75 Å². The molecule has 1 amide bonds. The fraction of sp³-hybridized carbons (Fsp3) is 0.467. The number of hydrogen-bond donors (Lipinski definition) is 1. The predicted octanol–water partition coefficient (Wildman–Crippen LogP) is 2.43. The van der Waals surface area contributed by atoms with Gasteiger partial charge in [-0.3, -0.25) is 4.79 Å². The Hall–Kier alpha value is -2.02. The third-order valence-corrected chi connectivity index (χ3v) is 3.18. The molecule has 102 valence electrons. The number of benzene rings is 1. The third kappa shape index (κ3) is 4.29. The molecule has 0 aliphatic rings. The molecule has 0 aliphatic heterocycles. The number of nitriles is 1. The van der Waals surface area contributed by atoms with Gasteiger partial charge in [-0.05, 0) is 31.9 Å². The van der Waals surface area contributed by atoms with Gasteiger partial charge in [-0.15, -0.1) is 0 Å². The van der Waals surface area contributed by atoms with Gasteiger partial charge in [-0.25, -0.2) is 0 Å². The van der Waals surface area contributed by atoms with E-state index in [9.17, 15) is 4.79 Å². The van der Waals surface area contributed by atoms with Crippen molar-refractivity contribution in [3.8, 4) is 11.8 Å². The number of amides is 1. The standard InChI is InChI=1S/C15H20N2O2/c1-11(2)15(4,10-16)17-14(18)9-19-13-7-5-12(3)6-8-13/h5-8,11H,9H2,1-4H3,(H,17,18)/t15-/m1/s1. The lowest BCUT2D eigenvalue weighted by molar-refractivity contribution is -0.124. The molecule has 4 nitrogen and oxygen atoms in total. The Morgan fingerprint density at radius 2 is 2.00 bits per heavy atom. The summed E-state index contributed by atoms with van der Waals surface area (Å²) in [7, 11) is 0. The second kappa shape index (κ2) is 6.24. The van der Waals surface area contributed by atoms with Crippen molar-refractivity contribution in [2.75, 3.05) is 6.61 Å². The summed E-state index contributed by atoms with van der Waals surface area (Å²) in [5, 5.41) is 11.8. The third-order valence-electron chi connectivity index (χ3n) is 3.18. The second-order valence-corrected chi connectivity index (χ2v) is 5.12. The topological polar surface area (TPSA) is 62.1 Å². The number of ether oxygens (including phenoxy) is 1. The zero-order chi connectivity index (χ0) is 14.5. The summed E-state index contributed by atoms with van der Waals surface area (Å²) < 4.78 is 5.37. The Balaban J connectivity index is 2.53. The predicted molar refractivity (Wildman–Crippen MR) is 73.7 cm³/mol. The molecule has 0 fully saturated rings. The molecule has 1 rings (SSSR count). The average molecular weight is 260 g/mol. The molecule has 4 heteroatoms. The maximum Gasteiger partial charge on any atom is 0.259 e. The van der Waals surface area contributed by atoms with Crippen molar-refractivity contribution >= 4 is 5.91 Å². The van der Waals surface area contributed by atoms with Gasteiger partial charge in [0.15, 0.2) is 6.61 Å². The van der Waals surface area contributed by atoms with Gasteiger partial charge in [0.05, 0.1) is 6.07 Å². The van der Waals surface area contributed by atoms with Crippen LogP contribution in [0.1, 0.15) is 26.3 Å². The number of rotatable bonds is 5. The van der Waals surface area contributed by atoms with E-state index < -0.39 is 5.54 Å². The van der Waals surface area contributed by atoms with E-state index in [-0.39, 0.29) is 18.4 Å². The quantitative estimate of drug-likeness (QED) is 0.884. The number of hydrogen-bond acceptors (Lipinski definition) is 3. The molecule has 0 heterocycles. The molecule has 0 bridgehead atoms. The lowest BCUT2D eigenvalue weighted by Crippen LogP contribution is -2.50. The lowest BCUT2D eigenvalue weighted by Gasteiger charge is -2.27. The van der Waals surface area contributed by atoms with Crippen LogP contribution >= 0.6 is 0 Å². The van der Waals surface area contributed by atoms with Crippen molar-refractivity contribution in [3.63, 3.8) is 0 Å². The Kier molecular flexibility index (Phi) is 4.94. The number of carbonyl (C=O) groups excluding carboxylic acids is 1. The van der Waals surface area contributed by atoms with Crippen LogP contribution in [0.25, 0.3) is 0 Å². The molecule has 1 N–H and O–H groups in total. The van der Waals surface area contributed by atoms with E-state index in [1.54, 1.807) is 6.92 Å². The first-order chi connectivity index (χ1) is 8.87. The smallest absolute Gasteiger partial charge is 0.259 e. The number of nitrogens with one attached hydrogen (secondary N) is 1. The van der Waals surface area contributed by atoms with E-state index in [1.807, 2.05) is 45.0 Å². The van der Waals surface area contributed by atoms with Crippen molar-refractivity contribution in [3.05, 3.63) is 29.8 Å². The molecule has 1 aromatic carbocycles. The van der Waals surface area contributed by atoms with Crippen LogP contribution in [-0.4, -0.2) is 18.1 Å². The van der Waals surface area contributed by atoms with E-state index in [2.05, 4.69) is 11.4 Å². The van der Waals surface area contributed by atoms with Crippen LogP contribution in [0.3, 0.4) is 0 Å². The van der Waals surface area contributed by atoms with Gasteiger partial charge >= 0.3 is 0 Å². The fourth-order valence-electron chi connectivity index (χ4n) is 1.41. The van der Waals surface area contributed by atoms with Crippen LogP contribution < -0.4 is 10.1 Å². The molecule has 0 aliphatic carbocycles. The maximum atomic E-state index is 11.8. The highest BCUT2D eigenvalue weighted by molar-refractivity contribution is 5.78. The normalized spacial score (nSPS) is 13.5. The van der Waals surface area contributed by atoms with Crippen molar-refractivity contribution < 1.29 is 9.53 Å². The number of nitrogens with zero attached hydrogens (tertiary/aromatic N) is 1. The molecular weight excluding hydrogens is 240 g/mol. The van der Waals surface area contributed by atoms with E-state index in [4.69, 9.17) is 10.00 Å². The molecular formula is C15H20N2O2. The van der Waals surface area contributed by atoms with Crippen molar-refractivity contribution in [2.24, 2.45) is 5.92 Å². The van der Waals surface area contributed by atoms with Gasteiger partial charge in [0.2, 0.25) is 0 Å². The Morgan fingerprint density at radius 3 is 2.47 bits per heavy atom. The zero-order valence-corrected chi connectivity index (χ0v) is 11.9. The maximum absolute atomic E-state index is 11.8. The van der Waals surface area contributed by atoms with Gasteiger partial charge in [-0.2, -0.15) is 5.26 Å². The van der Waals surface area contributed by atoms with Crippen molar-refractivity contribution in [1.82, 2.24) is 5.32 Å². The summed E-state index contributed by atoms with van der Waals surface area (Å²) in [6, 6.07) is 9.59. The summed E-state index contributed by atoms with van der Waals surface area (Å²) in [5.41, 5.74) is 0.266. The minimum Gasteiger partial charge on any atom is -0.484 e. The van der Waals surface area contributed by atoms with Gasteiger partial charge in [0.25, 0.3) is 5.91 Å². The highest BCUT2D eigenvalue weighted by Gasteiger charge is 2.29. The first-order valence-corrected chi connectivity index (χ1v) is 6.29. The molecule has 1 atom stereocenters. The minimum atomic E-state index is -0.867. The first kappa shape index (κ1) is 15.0. The zero-order valence-electron chi connectivity index (χ0n) is 11.9. The Labute approximate surface area is 114 Å². The summed E-state index contributed by atoms with van der Waals surface area (Å²) >= 11 is 0.